The van der Waals surface area contributed by atoms with Crippen LogP contribution in [0.4, 0.5) is 4.79 Å². The van der Waals surface area contributed by atoms with Crippen LogP contribution in [0.1, 0.15) is 37.5 Å². The second-order valence-corrected chi connectivity index (χ2v) is 19.1. The molecule has 0 radical (unpaired) electrons. The second kappa shape index (κ2) is 19.0. The fraction of sp³-hybridized carbons (Fsp3) is 0.333. The number of halogens is 1. The Kier molecular flexibility index (Phi) is 14.6. The predicted octanol–water partition coefficient (Wildman–Crippen LogP) is 4.83. The number of sulfonamides is 2. The molecule has 59 heavy (non-hydrogen) atoms. The minimum atomic E-state index is -4.82. The Morgan fingerprint density at radius 1 is 0.814 bits per heavy atom. The summed E-state index contributed by atoms with van der Waals surface area (Å²) in [6.45, 7) is 3.60. The number of tetrazole rings is 1. The molecule has 0 saturated carbocycles. The Morgan fingerprint density at radius 3 is 1.76 bits per heavy atom. The van der Waals surface area contributed by atoms with Crippen molar-refractivity contribution < 1.29 is 46.1 Å². The van der Waals surface area contributed by atoms with Gasteiger partial charge in [-0.05, 0) is 114 Å². The summed E-state index contributed by atoms with van der Waals surface area (Å²) >= 11 is 1.90. The van der Waals surface area contributed by atoms with Crippen LogP contribution in [0.2, 0.25) is 0 Å². The van der Waals surface area contributed by atoms with Crippen LogP contribution in [-0.4, -0.2) is 109 Å². The molecule has 4 aromatic carbocycles. The molecule has 0 saturated heterocycles. The van der Waals surface area contributed by atoms with E-state index in [0.29, 0.717) is 31.9 Å². The third kappa shape index (κ3) is 11.2. The number of nitrogens with one attached hydrogen (secondary N) is 1. The van der Waals surface area contributed by atoms with Crippen molar-refractivity contribution in [3.8, 4) is 28.6 Å². The number of carboxylic acid groups (broad SMARTS) is 1. The Morgan fingerprint density at radius 2 is 1.31 bits per heavy atom. The number of β-amino-alcohol motifs (C(OH)–C–C–N with tert-alkyl or cyclic N) is 1. The lowest BCUT2D eigenvalue weighted by Gasteiger charge is -2.34. The van der Waals surface area contributed by atoms with Gasteiger partial charge >= 0.3 is 6.09 Å². The summed E-state index contributed by atoms with van der Waals surface area (Å²) in [6.07, 6.45) is -2.80. The van der Waals surface area contributed by atoms with Crippen molar-refractivity contribution in [2.75, 3.05) is 34.4 Å². The van der Waals surface area contributed by atoms with Crippen molar-refractivity contribution in [1.82, 2.24) is 34.1 Å². The minimum absolute atomic E-state index is 0.116. The number of ether oxygens (including phenoxy) is 3. The van der Waals surface area contributed by atoms with Gasteiger partial charge in [-0.2, -0.15) is 9.10 Å². The zero-order valence-electron chi connectivity index (χ0n) is 33.2. The maximum Gasteiger partial charge on any atom is 0.407 e. The number of hydrogen-bond donors (Lipinski definition) is 3. The summed E-state index contributed by atoms with van der Waals surface area (Å²) < 4.78 is 79.1. The van der Waals surface area contributed by atoms with Crippen LogP contribution in [-0.2, 0) is 39.7 Å². The van der Waals surface area contributed by atoms with Crippen LogP contribution in [0.3, 0.4) is 0 Å². The van der Waals surface area contributed by atoms with Crippen LogP contribution in [0, 0.1) is 3.57 Å². The van der Waals surface area contributed by atoms with E-state index in [2.05, 4.69) is 20.1 Å². The van der Waals surface area contributed by atoms with E-state index < -0.39 is 60.7 Å². The van der Waals surface area contributed by atoms with E-state index >= 15 is 8.42 Å². The number of aromatic nitrogens is 4. The zero-order valence-corrected chi connectivity index (χ0v) is 37.0. The van der Waals surface area contributed by atoms with E-state index in [0.717, 1.165) is 20.8 Å². The lowest BCUT2D eigenvalue weighted by atomic mass is 10.1. The van der Waals surface area contributed by atoms with Gasteiger partial charge in [0, 0.05) is 28.7 Å². The third-order valence-corrected chi connectivity index (χ3v) is 13.5. The van der Waals surface area contributed by atoms with Gasteiger partial charge in [0.1, 0.15) is 27.0 Å². The molecule has 5 rings (SSSR count). The molecule has 0 aliphatic heterocycles. The second-order valence-electron chi connectivity index (χ2n) is 14.3. The highest BCUT2D eigenvalue weighted by Gasteiger charge is 2.38. The molecular weight excluding hydrogens is 918 g/mol. The summed E-state index contributed by atoms with van der Waals surface area (Å²) in [6, 6.07) is 23.3. The number of methoxy groups -OCH3 is 3. The van der Waals surface area contributed by atoms with Crippen LogP contribution < -0.4 is 18.9 Å². The van der Waals surface area contributed by atoms with Gasteiger partial charge < -0.3 is 29.3 Å². The largest absolute Gasteiger partial charge is 0.497 e. The van der Waals surface area contributed by atoms with E-state index in [4.69, 9.17) is 14.2 Å². The molecule has 316 valence electrons. The van der Waals surface area contributed by atoms with Gasteiger partial charge in [-0.3, -0.25) is 0 Å². The van der Waals surface area contributed by atoms with Gasteiger partial charge in [0.2, 0.25) is 25.9 Å². The van der Waals surface area contributed by atoms with Crippen molar-refractivity contribution in [2.24, 2.45) is 0 Å². The maximum absolute atomic E-state index is 15.4. The van der Waals surface area contributed by atoms with E-state index in [1.807, 2.05) is 34.7 Å². The van der Waals surface area contributed by atoms with E-state index in [1.165, 1.54) is 25.1 Å². The lowest BCUT2D eigenvalue weighted by molar-refractivity contribution is 0.0577. The number of aliphatic hydroxyl groups excluding tert-OH is 1. The smallest absolute Gasteiger partial charge is 0.407 e. The number of amides is 1. The quantitative estimate of drug-likeness (QED) is 0.101. The molecule has 1 aromatic heterocycles. The van der Waals surface area contributed by atoms with Crippen LogP contribution in [0.15, 0.2) is 94.7 Å². The first-order valence-electron chi connectivity index (χ1n) is 18.0. The topological polar surface area (TPSA) is 216 Å². The van der Waals surface area contributed by atoms with Crippen molar-refractivity contribution in [2.45, 2.75) is 61.8 Å². The molecule has 3 N–H and O–H groups in total. The lowest BCUT2D eigenvalue weighted by Crippen LogP contribution is -2.50. The molecule has 5 aromatic rings. The van der Waals surface area contributed by atoms with Crippen LogP contribution in [0.5, 0.6) is 17.2 Å². The van der Waals surface area contributed by atoms with Gasteiger partial charge in [0.05, 0.1) is 46.1 Å². The predicted molar refractivity (Wildman–Crippen MR) is 226 cm³/mol. The third-order valence-electron chi connectivity index (χ3n) is 9.10. The molecular formula is C39H46IN7O10S2. The first kappa shape index (κ1) is 45.2. The number of benzene rings is 4. The van der Waals surface area contributed by atoms with Gasteiger partial charge in [-0.15, -0.1) is 10.2 Å². The van der Waals surface area contributed by atoms with Gasteiger partial charge in [-0.25, -0.2) is 26.4 Å². The number of carbonyl (C=O) groups is 1. The highest BCUT2D eigenvalue weighted by Crippen LogP contribution is 2.38. The Hall–Kier alpha value is -4.87. The molecule has 0 aliphatic rings. The van der Waals surface area contributed by atoms with Crippen molar-refractivity contribution >= 4 is 48.7 Å². The van der Waals surface area contributed by atoms with Crippen molar-refractivity contribution in [3.05, 3.63) is 105 Å². The molecule has 0 bridgehead atoms. The summed E-state index contributed by atoms with van der Waals surface area (Å²) in [5.74, 6) is 1.59. The molecule has 0 spiro atoms. The van der Waals surface area contributed by atoms with Crippen LogP contribution >= 0.6 is 22.6 Å². The fourth-order valence-electron chi connectivity index (χ4n) is 5.94. The first-order chi connectivity index (χ1) is 27.9. The highest BCUT2D eigenvalue weighted by atomic mass is 127. The van der Waals surface area contributed by atoms with Crippen molar-refractivity contribution in [1.29, 1.82) is 0 Å². The standard InChI is InChI=1S/C39H46IN7O10S2/c1-39(2,3)46(38(49)50)25-29(48)21-41-58(51,52)34-20-19-33(40)35(37-42-44-47(43-37)24-28-11-17-32(57-6)18-12-28)36(34)59(53,54)45(22-26-7-13-30(55-4)14-8-26)23-27-9-15-31(56-5)16-10-27/h7-20,29,41,48H,21-25H2,1-6H3,(H,49,50)/t29-/m1/s1. The van der Waals surface area contributed by atoms with E-state index in [-0.39, 0.29) is 31.0 Å². The Bertz CT molecular complexity index is 2390. The molecule has 17 nitrogen and oxygen atoms in total. The first-order valence-corrected chi connectivity index (χ1v) is 22.0. The number of hydrogen-bond acceptors (Lipinski definition) is 12. The average molecular weight is 964 g/mol. The molecule has 1 amide bonds. The monoisotopic (exact) mass is 963 g/mol. The Balaban J connectivity index is 1.65. The molecule has 1 heterocycles. The molecule has 0 aliphatic carbocycles. The van der Waals surface area contributed by atoms with Crippen molar-refractivity contribution in [3.63, 3.8) is 0 Å². The molecule has 0 unspecified atom stereocenters. The number of nitrogens with zero attached hydrogens (tertiary/aromatic N) is 6. The molecule has 0 fully saturated rings. The number of rotatable bonds is 18. The SMILES string of the molecule is COc1ccc(CN(Cc2ccc(OC)cc2)S(=O)(=O)c2c(S(=O)(=O)NC[C@@H](O)CN(C(=O)O)C(C)(C)C)ccc(I)c2-c2nnn(Cc3ccc(OC)cc3)n2)cc1. The van der Waals surface area contributed by atoms with Gasteiger partial charge in [0.15, 0.2) is 0 Å². The minimum Gasteiger partial charge on any atom is -0.497 e. The van der Waals surface area contributed by atoms with Crippen LogP contribution in [0.25, 0.3) is 11.4 Å². The van der Waals surface area contributed by atoms with E-state index in [1.54, 1.807) is 88.5 Å². The zero-order chi connectivity index (χ0) is 43.1. The Labute approximate surface area is 357 Å². The molecule has 20 heteroatoms. The summed E-state index contributed by atoms with van der Waals surface area (Å²) in [4.78, 5) is 12.9. The molecule has 1 atom stereocenters. The highest BCUT2D eigenvalue weighted by molar-refractivity contribution is 14.1. The summed E-state index contributed by atoms with van der Waals surface area (Å²) in [5, 5.41) is 33.5. The average Bonchev–Trinajstić information content (AvgIpc) is 3.66. The normalized spacial score (nSPS) is 12.6. The fourth-order valence-corrected chi connectivity index (χ4v) is 10.3. The summed E-state index contributed by atoms with van der Waals surface area (Å²) in [5.41, 5.74) is 0.911. The number of aliphatic hydroxyl groups is 1. The van der Waals surface area contributed by atoms with E-state index in [9.17, 15) is 23.4 Å². The van der Waals surface area contributed by atoms with Gasteiger partial charge in [-0.1, -0.05) is 36.4 Å². The van der Waals surface area contributed by atoms with Gasteiger partial charge in [0.25, 0.3) is 0 Å². The maximum atomic E-state index is 15.4. The summed E-state index contributed by atoms with van der Waals surface area (Å²) in [7, 11) is -5.02.